The molecular formula is C31H37N5O4. The second-order valence-electron chi connectivity index (χ2n) is 11.4. The van der Waals surface area contributed by atoms with Gasteiger partial charge in [0.1, 0.15) is 17.5 Å². The van der Waals surface area contributed by atoms with Crippen LogP contribution in [0.25, 0.3) is 0 Å². The Hall–Kier alpha value is -4.14. The molecule has 2 aliphatic heterocycles. The number of para-hydroxylation sites is 1. The van der Waals surface area contributed by atoms with Crippen molar-refractivity contribution in [1.29, 1.82) is 0 Å². The predicted octanol–water partition coefficient (Wildman–Crippen LogP) is 3.78. The van der Waals surface area contributed by atoms with E-state index in [9.17, 15) is 14.4 Å². The van der Waals surface area contributed by atoms with E-state index in [1.165, 1.54) is 0 Å². The average Bonchev–Trinajstić information content (AvgIpc) is 2.95. The first-order valence-electron chi connectivity index (χ1n) is 13.8. The van der Waals surface area contributed by atoms with Gasteiger partial charge in [-0.05, 0) is 51.8 Å². The summed E-state index contributed by atoms with van der Waals surface area (Å²) < 4.78 is 7.07. The van der Waals surface area contributed by atoms with Crippen LogP contribution in [-0.4, -0.2) is 69.7 Å². The monoisotopic (exact) mass is 543 g/mol. The fourth-order valence-electron chi connectivity index (χ4n) is 5.44. The van der Waals surface area contributed by atoms with Crippen molar-refractivity contribution in [3.05, 3.63) is 93.7 Å². The Balaban J connectivity index is 1.43. The standard InChI is InChI=1S/C31H37N5O4/c1-22-32-26-21-35(30(39)40-31(2,3)4)16-15-25(26)28(37)36(22)27(23-11-7-5-8-12-23)29(38)34-19-17-33(18-20-34)24-13-9-6-10-14-24/h5-14,27H,15-21H2,1-4H3. The SMILES string of the molecule is Cc1nc2c(c(=O)n1C(C(=O)N1CCN(c3ccccc3)CC1)c1ccccc1)CCN(C(=O)OC(C)(C)C)C2. The number of benzene rings is 2. The molecule has 2 amide bonds. The summed E-state index contributed by atoms with van der Waals surface area (Å²) in [6.07, 6.45) is -0.0691. The fraction of sp³-hybridized carbons (Fsp3) is 0.419. The summed E-state index contributed by atoms with van der Waals surface area (Å²) in [5.41, 5.74) is 2.16. The van der Waals surface area contributed by atoms with Gasteiger partial charge in [0.2, 0.25) is 0 Å². The molecular weight excluding hydrogens is 506 g/mol. The Bertz CT molecular complexity index is 1420. The summed E-state index contributed by atoms with van der Waals surface area (Å²) in [5, 5.41) is 0. The van der Waals surface area contributed by atoms with Gasteiger partial charge in [0.05, 0.1) is 12.2 Å². The van der Waals surface area contributed by atoms with Gasteiger partial charge < -0.3 is 19.4 Å². The van der Waals surface area contributed by atoms with Crippen LogP contribution in [0, 0.1) is 6.92 Å². The zero-order valence-electron chi connectivity index (χ0n) is 23.7. The van der Waals surface area contributed by atoms with E-state index in [1.54, 1.807) is 16.4 Å². The number of rotatable bonds is 4. The molecule has 0 radical (unpaired) electrons. The maximum absolute atomic E-state index is 14.1. The molecule has 0 spiro atoms. The van der Waals surface area contributed by atoms with E-state index in [0.717, 1.165) is 11.3 Å². The van der Waals surface area contributed by atoms with Crippen molar-refractivity contribution >= 4 is 17.7 Å². The molecule has 5 rings (SSSR count). The van der Waals surface area contributed by atoms with Gasteiger partial charge in [-0.3, -0.25) is 14.2 Å². The topological polar surface area (TPSA) is 88.0 Å². The average molecular weight is 544 g/mol. The molecule has 1 aromatic heterocycles. The molecule has 1 atom stereocenters. The van der Waals surface area contributed by atoms with E-state index in [1.807, 2.05) is 74.2 Å². The summed E-state index contributed by atoms with van der Waals surface area (Å²) >= 11 is 0. The first kappa shape index (κ1) is 27.4. The van der Waals surface area contributed by atoms with Crippen molar-refractivity contribution in [3.8, 4) is 0 Å². The number of anilines is 1. The number of ether oxygens (including phenoxy) is 1. The lowest BCUT2D eigenvalue weighted by molar-refractivity contribution is -0.134. The van der Waals surface area contributed by atoms with Crippen LogP contribution in [0.3, 0.4) is 0 Å². The number of hydrogen-bond acceptors (Lipinski definition) is 6. The van der Waals surface area contributed by atoms with Gasteiger partial charge in [-0.15, -0.1) is 0 Å². The lowest BCUT2D eigenvalue weighted by Crippen LogP contribution is -2.52. The van der Waals surface area contributed by atoms with E-state index in [2.05, 4.69) is 17.0 Å². The minimum Gasteiger partial charge on any atom is -0.444 e. The number of amides is 2. The van der Waals surface area contributed by atoms with Crippen molar-refractivity contribution in [1.82, 2.24) is 19.4 Å². The smallest absolute Gasteiger partial charge is 0.410 e. The van der Waals surface area contributed by atoms with Crippen molar-refractivity contribution in [2.75, 3.05) is 37.6 Å². The molecule has 0 N–H and O–H groups in total. The third-order valence-corrected chi connectivity index (χ3v) is 7.41. The highest BCUT2D eigenvalue weighted by atomic mass is 16.6. The summed E-state index contributed by atoms with van der Waals surface area (Å²) in [6.45, 7) is 10.3. The third kappa shape index (κ3) is 5.73. The first-order chi connectivity index (χ1) is 19.1. The lowest BCUT2D eigenvalue weighted by atomic mass is 10.0. The van der Waals surface area contributed by atoms with Crippen LogP contribution < -0.4 is 10.5 Å². The number of nitrogens with zero attached hydrogens (tertiary/aromatic N) is 5. The van der Waals surface area contributed by atoms with Crippen LogP contribution in [0.1, 0.15) is 49.5 Å². The number of hydrogen-bond donors (Lipinski definition) is 0. The molecule has 0 saturated carbocycles. The van der Waals surface area contributed by atoms with Gasteiger partial charge in [0.15, 0.2) is 0 Å². The summed E-state index contributed by atoms with van der Waals surface area (Å²) in [4.78, 5) is 51.3. The Kier molecular flexibility index (Phi) is 7.65. The molecule has 1 fully saturated rings. The van der Waals surface area contributed by atoms with Crippen LogP contribution in [0.15, 0.2) is 65.5 Å². The van der Waals surface area contributed by atoms with Crippen LogP contribution in [-0.2, 0) is 22.5 Å². The molecule has 40 heavy (non-hydrogen) atoms. The summed E-state index contributed by atoms with van der Waals surface area (Å²) in [6, 6.07) is 18.8. The van der Waals surface area contributed by atoms with Crippen LogP contribution in [0.5, 0.6) is 0 Å². The highest BCUT2D eigenvalue weighted by molar-refractivity contribution is 5.84. The molecule has 9 nitrogen and oxygen atoms in total. The minimum atomic E-state index is -0.821. The van der Waals surface area contributed by atoms with E-state index in [0.29, 0.717) is 56.2 Å². The molecule has 2 aliphatic rings. The first-order valence-corrected chi connectivity index (χ1v) is 13.8. The van der Waals surface area contributed by atoms with Crippen LogP contribution in [0.4, 0.5) is 10.5 Å². The summed E-state index contributed by atoms with van der Waals surface area (Å²) in [7, 11) is 0. The number of fused-ring (bicyclic) bond motifs is 1. The Morgan fingerprint density at radius 3 is 2.12 bits per heavy atom. The molecule has 0 bridgehead atoms. The lowest BCUT2D eigenvalue weighted by Gasteiger charge is -2.38. The number of aromatic nitrogens is 2. The number of aryl methyl sites for hydroxylation is 1. The number of piperazine rings is 1. The zero-order valence-corrected chi connectivity index (χ0v) is 23.7. The van der Waals surface area contributed by atoms with Crippen molar-refractivity contribution in [3.63, 3.8) is 0 Å². The van der Waals surface area contributed by atoms with E-state index >= 15 is 0 Å². The Labute approximate surface area is 235 Å². The van der Waals surface area contributed by atoms with E-state index < -0.39 is 17.7 Å². The Morgan fingerprint density at radius 2 is 1.50 bits per heavy atom. The van der Waals surface area contributed by atoms with E-state index in [4.69, 9.17) is 9.72 Å². The van der Waals surface area contributed by atoms with Crippen molar-refractivity contribution < 1.29 is 14.3 Å². The maximum atomic E-state index is 14.1. The largest absolute Gasteiger partial charge is 0.444 e. The van der Waals surface area contributed by atoms with Gasteiger partial charge in [-0.2, -0.15) is 0 Å². The molecule has 210 valence electrons. The molecule has 1 saturated heterocycles. The van der Waals surface area contributed by atoms with Crippen LogP contribution in [0.2, 0.25) is 0 Å². The number of carbonyl (C=O) groups is 2. The maximum Gasteiger partial charge on any atom is 0.410 e. The van der Waals surface area contributed by atoms with Crippen LogP contribution >= 0.6 is 0 Å². The summed E-state index contributed by atoms with van der Waals surface area (Å²) in [5.74, 6) is 0.331. The van der Waals surface area contributed by atoms with Crippen molar-refractivity contribution in [2.24, 2.45) is 0 Å². The molecule has 3 aromatic rings. The fourth-order valence-corrected chi connectivity index (χ4v) is 5.44. The predicted molar refractivity (Wildman–Crippen MR) is 153 cm³/mol. The highest BCUT2D eigenvalue weighted by Crippen LogP contribution is 2.25. The second-order valence-corrected chi connectivity index (χ2v) is 11.4. The van der Waals surface area contributed by atoms with Gasteiger partial charge in [0.25, 0.3) is 11.5 Å². The second kappa shape index (κ2) is 11.2. The van der Waals surface area contributed by atoms with Crippen molar-refractivity contribution in [2.45, 2.75) is 52.3 Å². The quantitative estimate of drug-likeness (QED) is 0.498. The minimum absolute atomic E-state index is 0.114. The molecule has 0 aliphatic carbocycles. The zero-order chi connectivity index (χ0) is 28.4. The molecule has 9 heteroatoms. The highest BCUT2D eigenvalue weighted by Gasteiger charge is 2.34. The molecule has 1 unspecified atom stereocenters. The molecule has 3 heterocycles. The Morgan fingerprint density at radius 1 is 0.875 bits per heavy atom. The normalized spacial score (nSPS) is 16.4. The number of carbonyl (C=O) groups excluding carboxylic acids is 2. The molecule has 2 aromatic carbocycles. The van der Waals surface area contributed by atoms with Gasteiger partial charge in [0, 0.05) is 44.0 Å². The van der Waals surface area contributed by atoms with Gasteiger partial charge >= 0.3 is 6.09 Å². The van der Waals surface area contributed by atoms with E-state index in [-0.39, 0.29) is 18.0 Å². The van der Waals surface area contributed by atoms with Gasteiger partial charge in [-0.25, -0.2) is 9.78 Å². The van der Waals surface area contributed by atoms with Gasteiger partial charge in [-0.1, -0.05) is 48.5 Å². The third-order valence-electron chi connectivity index (χ3n) is 7.41.